The van der Waals surface area contributed by atoms with E-state index in [-0.39, 0.29) is 6.42 Å². The van der Waals surface area contributed by atoms with Crippen LogP contribution in [-0.4, -0.2) is 14.5 Å². The molecule has 0 aliphatic carbocycles. The fourth-order valence-electron chi connectivity index (χ4n) is 2.12. The first kappa shape index (κ1) is 12.5. The van der Waals surface area contributed by atoms with Gasteiger partial charge in [0.25, 0.3) is 0 Å². The van der Waals surface area contributed by atoms with Crippen LogP contribution in [0.1, 0.15) is 5.82 Å². The molecule has 0 unspecified atom stereocenters. The number of nitrogen functional groups attached to an aromatic ring is 1. The summed E-state index contributed by atoms with van der Waals surface area (Å²) in [4.78, 5) is 8.71. The minimum atomic E-state index is 0.169. The Morgan fingerprint density at radius 2 is 2.00 bits per heavy atom. The van der Waals surface area contributed by atoms with E-state index >= 15 is 0 Å². The van der Waals surface area contributed by atoms with Gasteiger partial charge < -0.3 is 5.73 Å². The summed E-state index contributed by atoms with van der Waals surface area (Å²) in [5.74, 6) is 1.09. The molecule has 3 rings (SSSR count). The lowest BCUT2D eigenvalue weighted by molar-refractivity contribution is 0.925. The molecule has 0 saturated heterocycles. The number of nitriles is 1. The second-order valence-corrected chi connectivity index (χ2v) is 4.62. The zero-order valence-electron chi connectivity index (χ0n) is 10.4. The van der Waals surface area contributed by atoms with E-state index in [1.807, 2.05) is 24.3 Å². The third-order valence-corrected chi connectivity index (χ3v) is 3.16. The Balaban J connectivity index is 2.36. The molecule has 0 aliphatic heterocycles. The lowest BCUT2D eigenvalue weighted by Gasteiger charge is -2.09. The third-order valence-electron chi connectivity index (χ3n) is 2.95. The molecule has 0 aliphatic rings. The Morgan fingerprint density at radius 1 is 1.20 bits per heavy atom. The average molecular weight is 284 g/mol. The number of rotatable bonds is 2. The van der Waals surface area contributed by atoms with Crippen LogP contribution in [0.25, 0.3) is 16.9 Å². The third kappa shape index (κ3) is 1.96. The maximum absolute atomic E-state index is 8.96. The number of pyridine rings is 1. The van der Waals surface area contributed by atoms with E-state index in [4.69, 9.17) is 22.6 Å². The van der Waals surface area contributed by atoms with Gasteiger partial charge in [0.1, 0.15) is 11.0 Å². The second kappa shape index (κ2) is 4.83. The number of anilines is 1. The molecule has 6 heteroatoms. The number of aromatic nitrogens is 3. The van der Waals surface area contributed by atoms with Gasteiger partial charge in [0.2, 0.25) is 0 Å². The molecule has 0 fully saturated rings. The minimum Gasteiger partial charge on any atom is -0.396 e. The fraction of sp³-hybridized carbons (Fsp3) is 0.0714. The number of imidazole rings is 1. The van der Waals surface area contributed by atoms with Gasteiger partial charge in [0.15, 0.2) is 5.82 Å². The topological polar surface area (TPSA) is 80.5 Å². The van der Waals surface area contributed by atoms with Crippen LogP contribution in [0.2, 0.25) is 5.15 Å². The van der Waals surface area contributed by atoms with Gasteiger partial charge >= 0.3 is 0 Å². The number of hydrogen-bond acceptors (Lipinski definition) is 4. The first-order chi connectivity index (χ1) is 9.70. The summed E-state index contributed by atoms with van der Waals surface area (Å²) in [6.45, 7) is 0. The van der Waals surface area contributed by atoms with E-state index < -0.39 is 0 Å². The van der Waals surface area contributed by atoms with Crippen LogP contribution < -0.4 is 5.73 Å². The smallest absolute Gasteiger partial charge is 0.163 e. The van der Waals surface area contributed by atoms with Crippen LogP contribution >= 0.6 is 11.6 Å². The number of nitrogens with two attached hydrogens (primary N) is 1. The van der Waals surface area contributed by atoms with Gasteiger partial charge in [-0.1, -0.05) is 23.7 Å². The zero-order chi connectivity index (χ0) is 14.1. The predicted octanol–water partition coefficient (Wildman–Crippen LogP) is 2.72. The predicted molar refractivity (Wildman–Crippen MR) is 77.6 cm³/mol. The number of nitrogens with zero attached hydrogens (tertiary/aromatic N) is 4. The number of fused-ring (bicyclic) bond motifs is 1. The Hall–Kier alpha value is -2.58. The van der Waals surface area contributed by atoms with E-state index in [0.29, 0.717) is 22.5 Å². The van der Waals surface area contributed by atoms with Crippen molar-refractivity contribution in [3.8, 4) is 11.9 Å². The highest BCUT2D eigenvalue weighted by atomic mass is 35.5. The summed E-state index contributed by atoms with van der Waals surface area (Å²) in [5.41, 5.74) is 8.10. The molecule has 0 bridgehead atoms. The van der Waals surface area contributed by atoms with Crippen LogP contribution in [-0.2, 0) is 6.42 Å². The molecular formula is C14H10ClN5. The minimum absolute atomic E-state index is 0.169. The molecule has 0 spiro atoms. The molecule has 2 N–H and O–H groups in total. The summed E-state index contributed by atoms with van der Waals surface area (Å²) in [7, 11) is 0. The van der Waals surface area contributed by atoms with Gasteiger partial charge in [-0.15, -0.1) is 0 Å². The largest absolute Gasteiger partial charge is 0.396 e. The van der Waals surface area contributed by atoms with Crippen LogP contribution in [0.3, 0.4) is 0 Å². The Labute approximate surface area is 120 Å². The number of halogens is 1. The van der Waals surface area contributed by atoms with Gasteiger partial charge in [-0.2, -0.15) is 5.26 Å². The molecule has 0 radical (unpaired) electrons. The van der Waals surface area contributed by atoms with Crippen LogP contribution in [0.5, 0.6) is 0 Å². The molecule has 3 aromatic rings. The van der Waals surface area contributed by atoms with Gasteiger partial charge in [-0.05, 0) is 24.3 Å². The fourth-order valence-corrected chi connectivity index (χ4v) is 2.26. The van der Waals surface area contributed by atoms with E-state index in [1.54, 1.807) is 16.7 Å². The van der Waals surface area contributed by atoms with Crippen molar-refractivity contribution in [3.05, 3.63) is 47.4 Å². The number of benzene rings is 1. The van der Waals surface area contributed by atoms with Gasteiger partial charge in [-0.25, -0.2) is 9.97 Å². The van der Waals surface area contributed by atoms with Crippen LogP contribution in [0, 0.1) is 11.3 Å². The first-order valence-electron chi connectivity index (χ1n) is 5.96. The Bertz CT molecular complexity index is 831. The number of hydrogen-bond donors (Lipinski definition) is 1. The van der Waals surface area contributed by atoms with E-state index in [2.05, 4.69) is 16.0 Å². The highest BCUT2D eigenvalue weighted by Crippen LogP contribution is 2.25. The van der Waals surface area contributed by atoms with E-state index in [1.165, 1.54) is 0 Å². The second-order valence-electron chi connectivity index (χ2n) is 4.23. The molecule has 2 aromatic heterocycles. The summed E-state index contributed by atoms with van der Waals surface area (Å²) in [6.07, 6.45) is 0.169. The lowest BCUT2D eigenvalue weighted by Crippen LogP contribution is -2.06. The van der Waals surface area contributed by atoms with Crippen molar-refractivity contribution in [3.63, 3.8) is 0 Å². The van der Waals surface area contributed by atoms with E-state index in [0.717, 1.165) is 11.0 Å². The SMILES string of the molecule is N#CCc1nc2ccccc2n1-c1nc(Cl)ccc1N. The standard InChI is InChI=1S/C14H10ClN5/c15-12-6-5-9(17)14(19-12)20-11-4-2-1-3-10(11)18-13(20)7-8-16/h1-6H,7,17H2. The molecule has 0 saturated carbocycles. The molecule has 98 valence electrons. The lowest BCUT2D eigenvalue weighted by atomic mass is 10.3. The Kier molecular flexibility index (Phi) is 3.01. The van der Waals surface area contributed by atoms with Crippen molar-refractivity contribution in [2.75, 3.05) is 5.73 Å². The summed E-state index contributed by atoms with van der Waals surface area (Å²) in [6, 6.07) is 13.0. The van der Waals surface area contributed by atoms with Crippen LogP contribution in [0.15, 0.2) is 36.4 Å². The van der Waals surface area contributed by atoms with Crippen molar-refractivity contribution in [2.24, 2.45) is 0 Å². The molecule has 2 heterocycles. The normalized spacial score (nSPS) is 10.6. The average Bonchev–Trinajstić information content (AvgIpc) is 2.80. The van der Waals surface area contributed by atoms with Crippen molar-refractivity contribution in [1.29, 1.82) is 5.26 Å². The summed E-state index contributed by atoms with van der Waals surface area (Å²) >= 11 is 5.95. The van der Waals surface area contributed by atoms with Crippen molar-refractivity contribution in [2.45, 2.75) is 6.42 Å². The maximum atomic E-state index is 8.96. The molecule has 0 atom stereocenters. The maximum Gasteiger partial charge on any atom is 0.163 e. The summed E-state index contributed by atoms with van der Waals surface area (Å²) in [5, 5.41) is 9.30. The molecule has 20 heavy (non-hydrogen) atoms. The van der Waals surface area contributed by atoms with Crippen molar-refractivity contribution in [1.82, 2.24) is 14.5 Å². The molecular weight excluding hydrogens is 274 g/mol. The highest BCUT2D eigenvalue weighted by Gasteiger charge is 2.15. The Morgan fingerprint density at radius 3 is 2.80 bits per heavy atom. The van der Waals surface area contributed by atoms with Crippen molar-refractivity contribution < 1.29 is 0 Å². The molecule has 0 amide bonds. The van der Waals surface area contributed by atoms with E-state index in [9.17, 15) is 0 Å². The number of para-hydroxylation sites is 2. The summed E-state index contributed by atoms with van der Waals surface area (Å²) < 4.78 is 1.78. The van der Waals surface area contributed by atoms with Gasteiger partial charge in [0.05, 0.1) is 29.2 Å². The quantitative estimate of drug-likeness (QED) is 0.733. The first-order valence-corrected chi connectivity index (χ1v) is 6.34. The zero-order valence-corrected chi connectivity index (χ0v) is 11.2. The van der Waals surface area contributed by atoms with Crippen molar-refractivity contribution >= 4 is 28.3 Å². The molecule has 1 aromatic carbocycles. The van der Waals surface area contributed by atoms with Gasteiger partial charge in [0, 0.05) is 0 Å². The van der Waals surface area contributed by atoms with Crippen LogP contribution in [0.4, 0.5) is 5.69 Å². The molecule has 5 nitrogen and oxygen atoms in total. The highest BCUT2D eigenvalue weighted by molar-refractivity contribution is 6.29. The van der Waals surface area contributed by atoms with Gasteiger partial charge in [-0.3, -0.25) is 4.57 Å². The monoisotopic (exact) mass is 283 g/mol.